The van der Waals surface area contributed by atoms with Crippen molar-refractivity contribution in [1.29, 1.82) is 0 Å². The summed E-state index contributed by atoms with van der Waals surface area (Å²) in [5, 5.41) is 3.25. The van der Waals surface area contributed by atoms with E-state index in [-0.39, 0.29) is 4.90 Å². The zero-order valence-corrected chi connectivity index (χ0v) is 15.3. The lowest BCUT2D eigenvalue weighted by molar-refractivity contribution is 0.588. The summed E-state index contributed by atoms with van der Waals surface area (Å²) in [5.74, 6) is 0.611. The molecule has 2 aromatic heterocycles. The Kier molecular flexibility index (Phi) is 4.36. The largest absolute Gasteiger partial charge is 0.376 e. The molecule has 0 aliphatic carbocycles. The first-order valence-electron chi connectivity index (χ1n) is 7.61. The number of hydrogen-bond donors (Lipinski definition) is 2. The summed E-state index contributed by atoms with van der Waals surface area (Å²) in [6.45, 7) is 0. The van der Waals surface area contributed by atoms with Gasteiger partial charge in [0.15, 0.2) is 5.82 Å². The molecule has 0 aliphatic rings. The van der Waals surface area contributed by atoms with Gasteiger partial charge in [-0.3, -0.25) is 0 Å². The number of anilines is 3. The Morgan fingerprint density at radius 3 is 2.60 bits per heavy atom. The summed E-state index contributed by atoms with van der Waals surface area (Å²) in [7, 11) is 3.54. The Balaban J connectivity index is 2.14. The number of rotatable bonds is 5. The predicted molar refractivity (Wildman–Crippen MR) is 98.8 cm³/mol. The molecule has 9 heteroatoms. The molecule has 0 amide bonds. The van der Waals surface area contributed by atoms with E-state index in [9.17, 15) is 8.42 Å². The van der Waals surface area contributed by atoms with Crippen molar-refractivity contribution in [1.82, 2.24) is 19.3 Å². The number of benzene rings is 1. The SMILES string of the molecule is CNS(=O)(=O)c1ccc(N(C)C)c(Nc2ncnc3ccn(C)c23)c1. The number of sulfonamides is 1. The summed E-state index contributed by atoms with van der Waals surface area (Å²) in [5.41, 5.74) is 3.14. The third-order valence-electron chi connectivity index (χ3n) is 3.94. The second kappa shape index (κ2) is 6.34. The number of nitrogens with zero attached hydrogens (tertiary/aromatic N) is 4. The van der Waals surface area contributed by atoms with Gasteiger partial charge in [0, 0.05) is 27.3 Å². The van der Waals surface area contributed by atoms with Crippen LogP contribution in [0.2, 0.25) is 0 Å². The van der Waals surface area contributed by atoms with E-state index >= 15 is 0 Å². The maximum Gasteiger partial charge on any atom is 0.240 e. The minimum atomic E-state index is -3.54. The lowest BCUT2D eigenvalue weighted by Crippen LogP contribution is -2.19. The second-order valence-corrected chi connectivity index (χ2v) is 7.68. The van der Waals surface area contributed by atoms with Crippen molar-refractivity contribution in [3.05, 3.63) is 36.8 Å². The minimum absolute atomic E-state index is 0.181. The van der Waals surface area contributed by atoms with Gasteiger partial charge in [0.25, 0.3) is 0 Å². The fraction of sp³-hybridized carbons (Fsp3) is 0.250. The number of nitrogens with one attached hydrogen (secondary N) is 2. The van der Waals surface area contributed by atoms with Gasteiger partial charge in [0.1, 0.15) is 11.8 Å². The number of fused-ring (bicyclic) bond motifs is 1. The van der Waals surface area contributed by atoms with Crippen LogP contribution in [0.3, 0.4) is 0 Å². The van der Waals surface area contributed by atoms with Crippen LogP contribution < -0.4 is 14.9 Å². The molecular weight excluding hydrogens is 340 g/mol. The monoisotopic (exact) mass is 360 g/mol. The van der Waals surface area contributed by atoms with E-state index in [1.165, 1.54) is 13.4 Å². The van der Waals surface area contributed by atoms with Crippen molar-refractivity contribution in [2.45, 2.75) is 4.90 Å². The van der Waals surface area contributed by atoms with Crippen LogP contribution in [0.5, 0.6) is 0 Å². The van der Waals surface area contributed by atoms with Gasteiger partial charge in [0.05, 0.1) is 21.8 Å². The zero-order valence-electron chi connectivity index (χ0n) is 14.5. The molecule has 0 spiro atoms. The molecule has 2 N–H and O–H groups in total. The molecule has 132 valence electrons. The maximum absolute atomic E-state index is 12.1. The Bertz CT molecular complexity index is 1030. The van der Waals surface area contributed by atoms with Gasteiger partial charge in [-0.2, -0.15) is 0 Å². The normalized spacial score (nSPS) is 11.7. The van der Waals surface area contributed by atoms with Gasteiger partial charge in [-0.1, -0.05) is 0 Å². The molecule has 0 radical (unpaired) electrons. The minimum Gasteiger partial charge on any atom is -0.376 e. The van der Waals surface area contributed by atoms with Gasteiger partial charge in [-0.05, 0) is 31.3 Å². The summed E-state index contributed by atoms with van der Waals surface area (Å²) >= 11 is 0. The molecule has 0 aliphatic heterocycles. The van der Waals surface area contributed by atoms with Gasteiger partial charge < -0.3 is 14.8 Å². The number of hydrogen-bond acceptors (Lipinski definition) is 6. The summed E-state index contributed by atoms with van der Waals surface area (Å²) in [6.07, 6.45) is 3.38. The Morgan fingerprint density at radius 2 is 1.92 bits per heavy atom. The van der Waals surface area contributed by atoms with Crippen LogP contribution in [0.1, 0.15) is 0 Å². The summed E-state index contributed by atoms with van der Waals surface area (Å²) < 4.78 is 28.5. The molecule has 2 heterocycles. The zero-order chi connectivity index (χ0) is 18.2. The Labute approximate surface area is 146 Å². The highest BCUT2D eigenvalue weighted by atomic mass is 32.2. The lowest BCUT2D eigenvalue weighted by atomic mass is 10.2. The average molecular weight is 360 g/mol. The van der Waals surface area contributed by atoms with Crippen LogP contribution >= 0.6 is 0 Å². The molecule has 0 atom stereocenters. The quantitative estimate of drug-likeness (QED) is 0.719. The standard InChI is InChI=1S/C16H20N6O2S/c1-17-25(23,24)11-5-6-14(21(2)3)13(9-11)20-16-15-12(18-10-19-16)7-8-22(15)4/h5-10,17H,1-4H3,(H,18,19,20). The maximum atomic E-state index is 12.1. The van der Waals surface area contributed by atoms with Crippen molar-refractivity contribution in [3.63, 3.8) is 0 Å². The van der Waals surface area contributed by atoms with Crippen LogP contribution in [0, 0.1) is 0 Å². The first-order chi connectivity index (χ1) is 11.8. The highest BCUT2D eigenvalue weighted by Crippen LogP contribution is 2.31. The fourth-order valence-electron chi connectivity index (χ4n) is 2.63. The molecule has 0 saturated carbocycles. The Hall–Kier alpha value is -2.65. The van der Waals surface area contributed by atoms with Crippen molar-refractivity contribution < 1.29 is 8.42 Å². The molecule has 3 rings (SSSR count). The smallest absolute Gasteiger partial charge is 0.240 e. The highest BCUT2D eigenvalue weighted by molar-refractivity contribution is 7.89. The van der Waals surface area contributed by atoms with Crippen LogP contribution in [-0.2, 0) is 17.1 Å². The average Bonchev–Trinajstić information content (AvgIpc) is 2.97. The highest BCUT2D eigenvalue weighted by Gasteiger charge is 2.16. The first kappa shape index (κ1) is 17.2. The van der Waals surface area contributed by atoms with Crippen molar-refractivity contribution in [3.8, 4) is 0 Å². The van der Waals surface area contributed by atoms with E-state index < -0.39 is 10.0 Å². The van der Waals surface area contributed by atoms with Crippen LogP contribution in [0.4, 0.5) is 17.2 Å². The lowest BCUT2D eigenvalue weighted by Gasteiger charge is -2.19. The van der Waals surface area contributed by atoms with Gasteiger partial charge in [-0.15, -0.1) is 0 Å². The van der Waals surface area contributed by atoms with Crippen LogP contribution in [0.25, 0.3) is 11.0 Å². The molecule has 8 nitrogen and oxygen atoms in total. The molecule has 3 aromatic rings. The third-order valence-corrected chi connectivity index (χ3v) is 5.35. The number of aryl methyl sites for hydroxylation is 1. The summed E-state index contributed by atoms with van der Waals surface area (Å²) in [4.78, 5) is 10.6. The first-order valence-corrected chi connectivity index (χ1v) is 9.10. The molecular formula is C16H20N6O2S. The van der Waals surface area contributed by atoms with E-state index in [2.05, 4.69) is 20.0 Å². The van der Waals surface area contributed by atoms with Crippen molar-refractivity contribution >= 4 is 38.2 Å². The van der Waals surface area contributed by atoms with E-state index in [4.69, 9.17) is 0 Å². The topological polar surface area (TPSA) is 92.2 Å². The molecule has 0 unspecified atom stereocenters. The molecule has 0 saturated heterocycles. The predicted octanol–water partition coefficient (Wildman–Crippen LogP) is 1.69. The molecule has 0 bridgehead atoms. The van der Waals surface area contributed by atoms with Gasteiger partial charge >= 0.3 is 0 Å². The molecule has 0 fully saturated rings. The van der Waals surface area contributed by atoms with Crippen LogP contribution in [0.15, 0.2) is 41.7 Å². The van der Waals surface area contributed by atoms with E-state index in [0.717, 1.165) is 16.7 Å². The Morgan fingerprint density at radius 1 is 1.16 bits per heavy atom. The summed E-state index contributed by atoms with van der Waals surface area (Å²) in [6, 6.07) is 6.83. The van der Waals surface area contributed by atoms with Gasteiger partial charge in [0.2, 0.25) is 10.0 Å². The molecule has 25 heavy (non-hydrogen) atoms. The second-order valence-electron chi connectivity index (χ2n) is 5.79. The van der Waals surface area contributed by atoms with E-state index in [1.807, 2.05) is 42.9 Å². The van der Waals surface area contributed by atoms with Crippen molar-refractivity contribution in [2.75, 3.05) is 31.4 Å². The van der Waals surface area contributed by atoms with Crippen molar-refractivity contribution in [2.24, 2.45) is 7.05 Å². The van der Waals surface area contributed by atoms with Crippen LogP contribution in [-0.4, -0.2) is 44.1 Å². The third kappa shape index (κ3) is 3.15. The van der Waals surface area contributed by atoms with E-state index in [1.54, 1.807) is 18.2 Å². The van der Waals surface area contributed by atoms with Gasteiger partial charge in [-0.25, -0.2) is 23.1 Å². The van der Waals surface area contributed by atoms with E-state index in [0.29, 0.717) is 11.5 Å². The molecule has 1 aromatic carbocycles. The number of aromatic nitrogens is 3. The fourth-order valence-corrected chi connectivity index (χ4v) is 3.38.